The fourth-order valence-corrected chi connectivity index (χ4v) is 2.33. The molecule has 2 aromatic carbocycles. The molecule has 0 fully saturated rings. The molecule has 2 aromatic rings. The van der Waals surface area contributed by atoms with Gasteiger partial charge < -0.3 is 0 Å². The van der Waals surface area contributed by atoms with Crippen LogP contribution in [0.1, 0.15) is 10.4 Å². The van der Waals surface area contributed by atoms with Crippen molar-refractivity contribution in [1.29, 1.82) is 0 Å². The van der Waals surface area contributed by atoms with Crippen LogP contribution >= 0.6 is 11.8 Å². The van der Waals surface area contributed by atoms with Crippen molar-refractivity contribution < 1.29 is 22.4 Å². The van der Waals surface area contributed by atoms with Crippen LogP contribution < -0.4 is 0 Å². The summed E-state index contributed by atoms with van der Waals surface area (Å²) >= 11 is 0.793. The van der Waals surface area contributed by atoms with Crippen LogP contribution in [0.3, 0.4) is 0 Å². The van der Waals surface area contributed by atoms with E-state index in [2.05, 4.69) is 0 Å². The van der Waals surface area contributed by atoms with Gasteiger partial charge in [-0.3, -0.25) is 4.79 Å². The molecule has 0 amide bonds. The Labute approximate surface area is 116 Å². The van der Waals surface area contributed by atoms with Gasteiger partial charge in [-0.15, -0.1) is 11.8 Å². The Kier molecular flexibility index (Phi) is 4.44. The summed E-state index contributed by atoms with van der Waals surface area (Å²) in [6.07, 6.45) is 0. The maximum atomic E-state index is 13.4. The fourth-order valence-electron chi connectivity index (χ4n) is 1.52. The molecule has 0 aliphatic heterocycles. The van der Waals surface area contributed by atoms with Crippen molar-refractivity contribution >= 4 is 17.5 Å². The molecule has 2 rings (SSSR count). The molecule has 0 saturated heterocycles. The molecule has 6 heteroatoms. The van der Waals surface area contributed by atoms with Crippen molar-refractivity contribution in [3.8, 4) is 0 Å². The molecule has 0 aliphatic rings. The average Bonchev–Trinajstić information content (AvgIpc) is 2.40. The second-order valence-electron chi connectivity index (χ2n) is 3.91. The monoisotopic (exact) mass is 300 g/mol. The van der Waals surface area contributed by atoms with Gasteiger partial charge >= 0.3 is 0 Å². The highest BCUT2D eigenvalue weighted by molar-refractivity contribution is 8.00. The highest BCUT2D eigenvalue weighted by Gasteiger charge is 2.14. The second kappa shape index (κ2) is 6.09. The van der Waals surface area contributed by atoms with Crippen LogP contribution in [0.25, 0.3) is 0 Å². The molecule has 0 heterocycles. The standard InChI is InChI=1S/C14H8F4OS/c15-8-1-3-11(17)10(5-8)13(19)7-20-14-4-2-9(16)6-12(14)18/h1-6H,7H2. The van der Waals surface area contributed by atoms with E-state index >= 15 is 0 Å². The second-order valence-corrected chi connectivity index (χ2v) is 4.93. The minimum absolute atomic E-state index is 0.0663. The zero-order valence-corrected chi connectivity index (χ0v) is 10.8. The van der Waals surface area contributed by atoms with E-state index in [0.29, 0.717) is 6.07 Å². The van der Waals surface area contributed by atoms with Gasteiger partial charge in [0.15, 0.2) is 5.78 Å². The number of hydrogen-bond acceptors (Lipinski definition) is 2. The molecule has 0 N–H and O–H groups in total. The molecule has 20 heavy (non-hydrogen) atoms. The summed E-state index contributed by atoms with van der Waals surface area (Å²) in [7, 11) is 0. The summed E-state index contributed by atoms with van der Waals surface area (Å²) < 4.78 is 52.4. The lowest BCUT2D eigenvalue weighted by atomic mass is 10.1. The zero-order chi connectivity index (χ0) is 14.7. The third-order valence-electron chi connectivity index (χ3n) is 2.48. The number of carbonyl (C=O) groups is 1. The van der Waals surface area contributed by atoms with E-state index in [1.807, 2.05) is 0 Å². The maximum absolute atomic E-state index is 13.4. The van der Waals surface area contributed by atoms with E-state index in [-0.39, 0.29) is 16.2 Å². The van der Waals surface area contributed by atoms with Gasteiger partial charge in [0.1, 0.15) is 23.3 Å². The molecule has 1 nitrogen and oxygen atoms in total. The number of halogens is 4. The fraction of sp³-hybridized carbons (Fsp3) is 0.0714. The summed E-state index contributed by atoms with van der Waals surface area (Å²) in [5, 5.41) is 0. The van der Waals surface area contributed by atoms with Crippen molar-refractivity contribution in [3.05, 3.63) is 65.2 Å². The van der Waals surface area contributed by atoms with Crippen LogP contribution in [-0.4, -0.2) is 11.5 Å². The highest BCUT2D eigenvalue weighted by Crippen LogP contribution is 2.24. The third kappa shape index (κ3) is 3.39. The third-order valence-corrected chi connectivity index (χ3v) is 3.53. The summed E-state index contributed by atoms with van der Waals surface area (Å²) in [6.45, 7) is 0. The van der Waals surface area contributed by atoms with Gasteiger partial charge in [-0.1, -0.05) is 0 Å². The molecule has 0 radical (unpaired) electrons. The Bertz CT molecular complexity index is 658. The SMILES string of the molecule is O=C(CSc1ccc(F)cc1F)c1cc(F)ccc1F. The van der Waals surface area contributed by atoms with Crippen molar-refractivity contribution in [2.24, 2.45) is 0 Å². The van der Waals surface area contributed by atoms with E-state index < -0.39 is 29.1 Å². The van der Waals surface area contributed by atoms with Crippen LogP contribution in [0.15, 0.2) is 41.3 Å². The van der Waals surface area contributed by atoms with Crippen LogP contribution in [0.2, 0.25) is 0 Å². The molecular formula is C14H8F4OS. The number of carbonyl (C=O) groups excluding carboxylic acids is 1. The summed E-state index contributed by atoms with van der Waals surface area (Å²) in [4.78, 5) is 11.8. The molecule has 0 spiro atoms. The van der Waals surface area contributed by atoms with E-state index in [0.717, 1.165) is 36.0 Å². The molecule has 0 aromatic heterocycles. The van der Waals surface area contributed by atoms with Crippen molar-refractivity contribution in [1.82, 2.24) is 0 Å². The van der Waals surface area contributed by atoms with Gasteiger partial charge in [-0.25, -0.2) is 17.6 Å². The number of benzene rings is 2. The lowest BCUT2D eigenvalue weighted by Gasteiger charge is -2.04. The Hall–Kier alpha value is -1.82. The van der Waals surface area contributed by atoms with Gasteiger partial charge in [0.25, 0.3) is 0 Å². The first-order valence-corrected chi connectivity index (χ1v) is 6.52. The summed E-state index contributed by atoms with van der Waals surface area (Å²) in [5.41, 5.74) is -0.389. The Balaban J connectivity index is 2.10. The first-order valence-electron chi connectivity index (χ1n) is 5.53. The molecule has 0 atom stereocenters. The predicted molar refractivity (Wildman–Crippen MR) is 67.8 cm³/mol. The zero-order valence-electron chi connectivity index (χ0n) is 10.00. The van der Waals surface area contributed by atoms with Gasteiger partial charge in [0.2, 0.25) is 0 Å². The van der Waals surface area contributed by atoms with Gasteiger partial charge in [-0.2, -0.15) is 0 Å². The maximum Gasteiger partial charge on any atom is 0.176 e. The average molecular weight is 300 g/mol. The summed E-state index contributed by atoms with van der Waals surface area (Å²) in [5.74, 6) is -4.04. The van der Waals surface area contributed by atoms with Gasteiger partial charge in [0.05, 0.1) is 11.3 Å². The minimum Gasteiger partial charge on any atom is -0.293 e. The Morgan fingerprint density at radius 1 is 0.900 bits per heavy atom. The molecule has 104 valence electrons. The number of thioether (sulfide) groups is 1. The highest BCUT2D eigenvalue weighted by atomic mass is 32.2. The van der Waals surface area contributed by atoms with Crippen LogP contribution in [0.5, 0.6) is 0 Å². The molecule has 0 bridgehead atoms. The Morgan fingerprint density at radius 3 is 2.25 bits per heavy atom. The normalized spacial score (nSPS) is 10.6. The first kappa shape index (κ1) is 14.6. The Morgan fingerprint density at radius 2 is 1.55 bits per heavy atom. The lowest BCUT2D eigenvalue weighted by Crippen LogP contribution is -2.06. The quantitative estimate of drug-likeness (QED) is 0.478. The summed E-state index contributed by atoms with van der Waals surface area (Å²) in [6, 6.07) is 5.47. The topological polar surface area (TPSA) is 17.1 Å². The number of ketones is 1. The van der Waals surface area contributed by atoms with Crippen molar-refractivity contribution in [2.75, 3.05) is 5.75 Å². The van der Waals surface area contributed by atoms with Crippen molar-refractivity contribution in [2.45, 2.75) is 4.90 Å². The van der Waals surface area contributed by atoms with Crippen molar-refractivity contribution in [3.63, 3.8) is 0 Å². The van der Waals surface area contributed by atoms with E-state index in [1.54, 1.807) is 0 Å². The number of hydrogen-bond donors (Lipinski definition) is 0. The number of Topliss-reactive ketones (excluding diaryl/α,β-unsaturated/α-hetero) is 1. The van der Waals surface area contributed by atoms with E-state index in [1.165, 1.54) is 6.07 Å². The van der Waals surface area contributed by atoms with Gasteiger partial charge in [-0.05, 0) is 30.3 Å². The smallest absolute Gasteiger partial charge is 0.176 e. The van der Waals surface area contributed by atoms with E-state index in [9.17, 15) is 22.4 Å². The van der Waals surface area contributed by atoms with Crippen LogP contribution in [0, 0.1) is 23.3 Å². The lowest BCUT2D eigenvalue weighted by molar-refractivity contribution is 0.101. The molecular weight excluding hydrogens is 292 g/mol. The van der Waals surface area contributed by atoms with Crippen LogP contribution in [0.4, 0.5) is 17.6 Å². The van der Waals surface area contributed by atoms with Gasteiger partial charge in [0, 0.05) is 11.0 Å². The van der Waals surface area contributed by atoms with E-state index in [4.69, 9.17) is 0 Å². The predicted octanol–water partition coefficient (Wildman–Crippen LogP) is 4.22. The first-order chi connectivity index (χ1) is 9.47. The minimum atomic E-state index is -0.837. The molecule has 0 unspecified atom stereocenters. The largest absolute Gasteiger partial charge is 0.293 e. The number of rotatable bonds is 4. The molecule has 0 aliphatic carbocycles. The van der Waals surface area contributed by atoms with Crippen LogP contribution in [-0.2, 0) is 0 Å². The molecule has 0 saturated carbocycles.